The van der Waals surface area contributed by atoms with Gasteiger partial charge in [0.1, 0.15) is 0 Å². The van der Waals surface area contributed by atoms with Crippen LogP contribution in [0.2, 0.25) is 0 Å². The van der Waals surface area contributed by atoms with Crippen LogP contribution in [-0.4, -0.2) is 11.4 Å². The summed E-state index contributed by atoms with van der Waals surface area (Å²) in [7, 11) is 0. The molecule has 3 rings (SSSR count). The fourth-order valence-electron chi connectivity index (χ4n) is 3.42. The van der Waals surface area contributed by atoms with Gasteiger partial charge in [0.25, 0.3) is 0 Å². The number of halogens is 3. The molecule has 2 atom stereocenters. The van der Waals surface area contributed by atoms with Crippen LogP contribution in [0.15, 0.2) is 48.5 Å². The molecule has 0 spiro atoms. The zero-order chi connectivity index (χ0) is 16.6. The molecule has 0 saturated heterocycles. The number of hydrogen-bond acceptors (Lipinski definition) is 2. The zero-order valence-electron chi connectivity index (χ0n) is 12.8. The van der Waals surface area contributed by atoms with Crippen molar-refractivity contribution in [3.63, 3.8) is 0 Å². The van der Waals surface area contributed by atoms with Gasteiger partial charge in [0.15, 0.2) is 0 Å². The molecule has 2 N–H and O–H groups in total. The summed E-state index contributed by atoms with van der Waals surface area (Å²) in [5, 5.41) is 0. The minimum absolute atomic E-state index is 0.00164. The molecular formula is C18H19F3N2. The third kappa shape index (κ3) is 2.86. The summed E-state index contributed by atoms with van der Waals surface area (Å²) in [4.78, 5) is 2.05. The van der Waals surface area contributed by atoms with Gasteiger partial charge in [-0.05, 0) is 29.7 Å². The van der Waals surface area contributed by atoms with Crippen molar-refractivity contribution in [2.45, 2.75) is 31.7 Å². The number of fused-ring (bicyclic) bond motifs is 1. The van der Waals surface area contributed by atoms with Gasteiger partial charge in [-0.2, -0.15) is 13.2 Å². The number of rotatable bonds is 3. The van der Waals surface area contributed by atoms with Gasteiger partial charge < -0.3 is 5.73 Å². The van der Waals surface area contributed by atoms with Crippen LogP contribution < -0.4 is 5.73 Å². The summed E-state index contributed by atoms with van der Waals surface area (Å²) in [6.07, 6.45) is -4.34. The maximum atomic E-state index is 13.3. The molecule has 2 nitrogen and oxygen atoms in total. The summed E-state index contributed by atoms with van der Waals surface area (Å²) >= 11 is 0. The van der Waals surface area contributed by atoms with E-state index in [2.05, 4.69) is 4.90 Å². The van der Waals surface area contributed by atoms with Gasteiger partial charge in [-0.3, -0.25) is 4.90 Å². The molecule has 1 aliphatic heterocycles. The number of benzene rings is 2. The Labute approximate surface area is 133 Å². The van der Waals surface area contributed by atoms with Gasteiger partial charge in [0, 0.05) is 25.2 Å². The summed E-state index contributed by atoms with van der Waals surface area (Å²) in [5.74, 6) is 0. The minimum atomic E-state index is -4.34. The molecule has 1 heterocycles. The predicted octanol–water partition coefficient (Wildman–Crippen LogP) is 4.28. The van der Waals surface area contributed by atoms with Gasteiger partial charge in [-0.1, -0.05) is 42.5 Å². The molecule has 0 radical (unpaired) electrons. The van der Waals surface area contributed by atoms with Crippen LogP contribution in [0.1, 0.15) is 41.3 Å². The van der Waals surface area contributed by atoms with Crippen molar-refractivity contribution < 1.29 is 13.2 Å². The summed E-state index contributed by atoms with van der Waals surface area (Å²) in [6, 6.07) is 14.0. The van der Waals surface area contributed by atoms with Gasteiger partial charge in [0.05, 0.1) is 5.56 Å². The summed E-state index contributed by atoms with van der Waals surface area (Å²) in [6.45, 7) is 2.57. The van der Waals surface area contributed by atoms with E-state index in [1.807, 2.05) is 37.3 Å². The fourth-order valence-corrected chi connectivity index (χ4v) is 3.42. The zero-order valence-corrected chi connectivity index (χ0v) is 12.8. The van der Waals surface area contributed by atoms with Crippen molar-refractivity contribution >= 4 is 0 Å². The van der Waals surface area contributed by atoms with Gasteiger partial charge in [0.2, 0.25) is 0 Å². The van der Waals surface area contributed by atoms with E-state index in [1.165, 1.54) is 6.07 Å². The molecule has 0 fully saturated rings. The first-order chi connectivity index (χ1) is 10.9. The van der Waals surface area contributed by atoms with Crippen LogP contribution in [0.4, 0.5) is 13.2 Å². The van der Waals surface area contributed by atoms with Crippen LogP contribution >= 0.6 is 0 Å². The van der Waals surface area contributed by atoms with E-state index in [4.69, 9.17) is 5.73 Å². The molecule has 0 saturated carbocycles. The van der Waals surface area contributed by atoms with E-state index in [0.29, 0.717) is 17.7 Å². The second-order valence-electron chi connectivity index (χ2n) is 5.88. The standard InChI is InChI=1S/C18H19F3N2/c1-12(13-6-3-2-4-7-13)23-11-15-14(17(23)10-22)8-5-9-16(15)18(19,20)21/h2-9,12,17H,10-11,22H2,1H3. The lowest BCUT2D eigenvalue weighted by atomic mass is 9.99. The van der Waals surface area contributed by atoms with Crippen molar-refractivity contribution in [3.05, 3.63) is 70.8 Å². The SMILES string of the molecule is CC(c1ccccc1)N1Cc2c(cccc2C(F)(F)F)C1CN. The van der Waals surface area contributed by atoms with E-state index in [1.54, 1.807) is 6.07 Å². The smallest absolute Gasteiger partial charge is 0.329 e. The average Bonchev–Trinajstić information content (AvgIpc) is 2.92. The lowest BCUT2D eigenvalue weighted by Crippen LogP contribution is -2.30. The number of hydrogen-bond donors (Lipinski definition) is 1. The highest BCUT2D eigenvalue weighted by molar-refractivity contribution is 5.43. The Morgan fingerprint density at radius 1 is 1.13 bits per heavy atom. The molecule has 2 aromatic rings. The Balaban J connectivity index is 2.00. The summed E-state index contributed by atoms with van der Waals surface area (Å²) in [5.41, 5.74) is 7.48. The third-order valence-corrected chi connectivity index (χ3v) is 4.62. The Kier molecular flexibility index (Phi) is 4.17. The van der Waals surface area contributed by atoms with E-state index < -0.39 is 11.7 Å². The largest absolute Gasteiger partial charge is 0.416 e. The normalized spacial score (nSPS) is 19.6. The second-order valence-corrected chi connectivity index (χ2v) is 5.88. The highest BCUT2D eigenvalue weighted by Crippen LogP contribution is 2.44. The Morgan fingerprint density at radius 2 is 1.83 bits per heavy atom. The molecule has 0 aromatic heterocycles. The number of alkyl halides is 3. The third-order valence-electron chi connectivity index (χ3n) is 4.62. The molecule has 2 unspecified atom stereocenters. The molecule has 1 aliphatic rings. The maximum Gasteiger partial charge on any atom is 0.416 e. The van der Waals surface area contributed by atoms with E-state index in [-0.39, 0.29) is 18.6 Å². The number of nitrogens with two attached hydrogens (primary N) is 1. The van der Waals surface area contributed by atoms with Gasteiger partial charge >= 0.3 is 6.18 Å². The Hall–Kier alpha value is -1.85. The maximum absolute atomic E-state index is 13.3. The van der Waals surface area contributed by atoms with Gasteiger partial charge in [-0.15, -0.1) is 0 Å². The Bertz CT molecular complexity index is 682. The lowest BCUT2D eigenvalue weighted by molar-refractivity contribution is -0.138. The first-order valence-electron chi connectivity index (χ1n) is 7.63. The van der Waals surface area contributed by atoms with Gasteiger partial charge in [-0.25, -0.2) is 0 Å². The van der Waals surface area contributed by atoms with Crippen molar-refractivity contribution in [3.8, 4) is 0 Å². The summed E-state index contributed by atoms with van der Waals surface area (Å²) < 4.78 is 39.8. The van der Waals surface area contributed by atoms with E-state index >= 15 is 0 Å². The average molecular weight is 320 g/mol. The molecular weight excluding hydrogens is 301 g/mol. The molecule has 0 aliphatic carbocycles. The van der Waals surface area contributed by atoms with Crippen LogP contribution in [-0.2, 0) is 12.7 Å². The highest BCUT2D eigenvalue weighted by Gasteiger charge is 2.40. The topological polar surface area (TPSA) is 29.3 Å². The molecule has 2 aromatic carbocycles. The van der Waals surface area contributed by atoms with Crippen molar-refractivity contribution in [2.24, 2.45) is 5.73 Å². The van der Waals surface area contributed by atoms with Crippen LogP contribution in [0.25, 0.3) is 0 Å². The molecule has 0 bridgehead atoms. The fraction of sp³-hybridized carbons (Fsp3) is 0.333. The lowest BCUT2D eigenvalue weighted by Gasteiger charge is -2.30. The quantitative estimate of drug-likeness (QED) is 0.914. The molecule has 5 heteroatoms. The first-order valence-corrected chi connectivity index (χ1v) is 7.63. The van der Waals surface area contributed by atoms with Crippen LogP contribution in [0.5, 0.6) is 0 Å². The molecule has 122 valence electrons. The van der Waals surface area contributed by atoms with Crippen molar-refractivity contribution in [1.29, 1.82) is 0 Å². The number of nitrogens with zero attached hydrogens (tertiary/aromatic N) is 1. The van der Waals surface area contributed by atoms with Crippen LogP contribution in [0, 0.1) is 0 Å². The van der Waals surface area contributed by atoms with E-state index in [9.17, 15) is 13.2 Å². The molecule has 0 amide bonds. The van der Waals surface area contributed by atoms with Crippen LogP contribution in [0.3, 0.4) is 0 Å². The minimum Gasteiger partial charge on any atom is -0.329 e. The predicted molar refractivity (Wildman–Crippen MR) is 83.6 cm³/mol. The van der Waals surface area contributed by atoms with Crippen molar-refractivity contribution in [2.75, 3.05) is 6.54 Å². The molecule has 23 heavy (non-hydrogen) atoms. The highest BCUT2D eigenvalue weighted by atomic mass is 19.4. The monoisotopic (exact) mass is 320 g/mol. The van der Waals surface area contributed by atoms with E-state index in [0.717, 1.165) is 11.6 Å². The van der Waals surface area contributed by atoms with Crippen molar-refractivity contribution in [1.82, 2.24) is 4.90 Å². The first kappa shape index (κ1) is 16.0. The Morgan fingerprint density at radius 3 is 2.43 bits per heavy atom. The second kappa shape index (κ2) is 5.98.